The van der Waals surface area contributed by atoms with Gasteiger partial charge < -0.3 is 9.64 Å². The summed E-state index contributed by atoms with van der Waals surface area (Å²) in [5.74, 6) is 0.387. The number of halogens is 2. The second-order valence-corrected chi connectivity index (χ2v) is 7.05. The molecule has 2 N–H and O–H groups in total. The number of benzene rings is 1. The maximum Gasteiger partial charge on any atom is 0.282 e. The lowest BCUT2D eigenvalue weighted by atomic mass is 10.3. The first-order valence-electron chi connectivity index (χ1n) is 7.53. The van der Waals surface area contributed by atoms with Gasteiger partial charge in [-0.2, -0.15) is 0 Å². The van der Waals surface area contributed by atoms with E-state index < -0.39 is 5.91 Å². The van der Waals surface area contributed by atoms with Crippen molar-refractivity contribution in [1.29, 1.82) is 0 Å². The number of carbonyl (C=O) groups excluding carboxylic acids is 3. The van der Waals surface area contributed by atoms with Crippen molar-refractivity contribution in [2.75, 3.05) is 25.4 Å². The number of carbonyl (C=O) groups is 3. The van der Waals surface area contributed by atoms with Gasteiger partial charge >= 0.3 is 0 Å². The summed E-state index contributed by atoms with van der Waals surface area (Å²) in [4.78, 5) is 36.1. The summed E-state index contributed by atoms with van der Waals surface area (Å²) >= 11 is 12.9. The summed E-state index contributed by atoms with van der Waals surface area (Å²) in [7, 11) is 0. The topological polar surface area (TPSA) is 87.7 Å². The van der Waals surface area contributed by atoms with Crippen LogP contribution < -0.4 is 15.6 Å². The van der Waals surface area contributed by atoms with Crippen LogP contribution in [0.3, 0.4) is 0 Å². The molecule has 136 valence electrons. The van der Waals surface area contributed by atoms with E-state index in [4.69, 9.17) is 27.9 Å². The zero-order valence-corrected chi connectivity index (χ0v) is 15.5. The summed E-state index contributed by atoms with van der Waals surface area (Å²) in [5.41, 5.74) is 4.59. The Hall–Kier alpha value is -1.64. The van der Waals surface area contributed by atoms with Gasteiger partial charge in [0.15, 0.2) is 0 Å². The van der Waals surface area contributed by atoms with Crippen LogP contribution in [0.2, 0.25) is 10.0 Å². The van der Waals surface area contributed by atoms with Crippen molar-refractivity contribution in [3.63, 3.8) is 0 Å². The van der Waals surface area contributed by atoms with E-state index in [0.29, 0.717) is 41.1 Å². The Morgan fingerprint density at radius 1 is 1.24 bits per heavy atom. The molecule has 1 aliphatic rings. The van der Waals surface area contributed by atoms with Crippen molar-refractivity contribution < 1.29 is 19.1 Å². The van der Waals surface area contributed by atoms with Crippen LogP contribution in [0.15, 0.2) is 18.2 Å². The minimum Gasteiger partial charge on any atom is -0.492 e. The average Bonchev–Trinajstić information content (AvgIpc) is 2.96. The van der Waals surface area contributed by atoms with Crippen LogP contribution in [-0.4, -0.2) is 47.4 Å². The van der Waals surface area contributed by atoms with E-state index in [2.05, 4.69) is 10.9 Å². The van der Waals surface area contributed by atoms with Crippen LogP contribution in [-0.2, 0) is 9.59 Å². The van der Waals surface area contributed by atoms with Gasteiger partial charge in [-0.05, 0) is 24.6 Å². The number of amides is 3. The first kappa shape index (κ1) is 19.7. The van der Waals surface area contributed by atoms with E-state index in [1.807, 2.05) is 0 Å². The van der Waals surface area contributed by atoms with Crippen LogP contribution >= 0.6 is 35.0 Å². The minimum absolute atomic E-state index is 0.0652. The normalized spacial score (nSPS) is 13.7. The molecule has 7 nitrogen and oxygen atoms in total. The van der Waals surface area contributed by atoms with Crippen LogP contribution in [0, 0.1) is 0 Å². The number of hydrazine groups is 1. The van der Waals surface area contributed by atoms with Gasteiger partial charge in [0.05, 0.1) is 11.6 Å². The van der Waals surface area contributed by atoms with Crippen molar-refractivity contribution >= 4 is 52.0 Å². The van der Waals surface area contributed by atoms with Gasteiger partial charge in [-0.15, -0.1) is 0 Å². The summed E-state index contributed by atoms with van der Waals surface area (Å²) in [6.45, 7) is 0.766. The third-order valence-corrected chi connectivity index (χ3v) is 4.64. The SMILES string of the molecule is O=C(CCCOc1ccc(Cl)cc1Cl)NNC(=O)CN1CCSC1=O. The summed E-state index contributed by atoms with van der Waals surface area (Å²) in [5, 5.41) is 0.792. The lowest BCUT2D eigenvalue weighted by Gasteiger charge is -2.14. The Balaban J connectivity index is 1.59. The molecule has 0 saturated carbocycles. The second kappa shape index (κ2) is 9.74. The number of rotatable bonds is 7. The summed E-state index contributed by atoms with van der Waals surface area (Å²) in [6, 6.07) is 4.89. The zero-order valence-electron chi connectivity index (χ0n) is 13.2. The first-order chi connectivity index (χ1) is 12.0. The monoisotopic (exact) mass is 405 g/mol. The lowest BCUT2D eigenvalue weighted by molar-refractivity contribution is -0.129. The van der Waals surface area contributed by atoms with Gasteiger partial charge in [0.1, 0.15) is 12.3 Å². The van der Waals surface area contributed by atoms with E-state index in [9.17, 15) is 14.4 Å². The van der Waals surface area contributed by atoms with Gasteiger partial charge in [-0.1, -0.05) is 35.0 Å². The molecular weight excluding hydrogens is 389 g/mol. The molecule has 1 heterocycles. The molecule has 1 aliphatic heterocycles. The fraction of sp³-hybridized carbons (Fsp3) is 0.400. The van der Waals surface area contributed by atoms with Crippen LogP contribution in [0.25, 0.3) is 0 Å². The molecule has 1 aromatic carbocycles. The minimum atomic E-state index is -0.437. The molecule has 1 saturated heterocycles. The van der Waals surface area contributed by atoms with Gasteiger partial charge in [0.2, 0.25) is 5.91 Å². The van der Waals surface area contributed by atoms with Crippen LogP contribution in [0.4, 0.5) is 4.79 Å². The molecule has 25 heavy (non-hydrogen) atoms. The predicted octanol–water partition coefficient (Wildman–Crippen LogP) is 2.47. The largest absolute Gasteiger partial charge is 0.492 e. The molecule has 10 heteroatoms. The molecule has 0 spiro atoms. The Morgan fingerprint density at radius 2 is 2.00 bits per heavy atom. The molecule has 0 aliphatic carbocycles. The number of hydrogen-bond donors (Lipinski definition) is 2. The Bertz CT molecular complexity index is 660. The number of nitrogens with one attached hydrogen (secondary N) is 2. The number of thioether (sulfide) groups is 1. The third-order valence-electron chi connectivity index (χ3n) is 3.22. The van der Waals surface area contributed by atoms with Crippen LogP contribution in [0.5, 0.6) is 5.75 Å². The zero-order chi connectivity index (χ0) is 18.2. The average molecular weight is 406 g/mol. The van der Waals surface area contributed by atoms with Crippen molar-refractivity contribution in [1.82, 2.24) is 15.8 Å². The molecule has 3 amide bonds. The van der Waals surface area contributed by atoms with Crippen molar-refractivity contribution in [2.45, 2.75) is 12.8 Å². The van der Waals surface area contributed by atoms with Crippen molar-refractivity contribution in [2.24, 2.45) is 0 Å². The smallest absolute Gasteiger partial charge is 0.282 e. The maximum absolute atomic E-state index is 11.7. The highest BCUT2D eigenvalue weighted by Gasteiger charge is 2.23. The molecular formula is C15H17Cl2N3O4S. The molecule has 0 radical (unpaired) electrons. The van der Waals surface area contributed by atoms with Gasteiger partial charge in [0, 0.05) is 23.7 Å². The fourth-order valence-corrected chi connectivity index (χ4v) is 3.28. The van der Waals surface area contributed by atoms with E-state index in [1.165, 1.54) is 16.7 Å². The quantitative estimate of drug-likeness (QED) is 0.537. The summed E-state index contributed by atoms with van der Waals surface area (Å²) in [6.07, 6.45) is 0.617. The van der Waals surface area contributed by atoms with E-state index in [-0.39, 0.29) is 24.1 Å². The maximum atomic E-state index is 11.7. The predicted molar refractivity (Wildman–Crippen MR) is 96.9 cm³/mol. The number of hydrogen-bond acceptors (Lipinski definition) is 5. The highest BCUT2D eigenvalue weighted by atomic mass is 35.5. The van der Waals surface area contributed by atoms with Gasteiger partial charge in [-0.25, -0.2) is 0 Å². The Kier molecular flexibility index (Phi) is 7.67. The van der Waals surface area contributed by atoms with Gasteiger partial charge in [0.25, 0.3) is 11.1 Å². The molecule has 0 unspecified atom stereocenters. The van der Waals surface area contributed by atoms with E-state index in [1.54, 1.807) is 18.2 Å². The molecule has 0 aromatic heterocycles. The highest BCUT2D eigenvalue weighted by molar-refractivity contribution is 8.13. The first-order valence-corrected chi connectivity index (χ1v) is 9.27. The van der Waals surface area contributed by atoms with Gasteiger partial charge in [-0.3, -0.25) is 25.2 Å². The summed E-state index contributed by atoms with van der Waals surface area (Å²) < 4.78 is 5.46. The van der Waals surface area contributed by atoms with E-state index in [0.717, 1.165) is 0 Å². The third kappa shape index (κ3) is 6.64. The number of ether oxygens (including phenoxy) is 1. The van der Waals surface area contributed by atoms with Crippen LogP contribution in [0.1, 0.15) is 12.8 Å². The standard InChI is InChI=1S/C15H17Cl2N3O4S/c16-10-3-4-12(11(17)8-10)24-6-1-2-13(21)18-19-14(22)9-20-5-7-25-15(20)23/h3-4,8H,1-2,5-7,9H2,(H,18,21)(H,19,22). The lowest BCUT2D eigenvalue weighted by Crippen LogP contribution is -2.46. The Labute approximate surface area is 159 Å². The molecule has 0 atom stereocenters. The molecule has 1 fully saturated rings. The highest BCUT2D eigenvalue weighted by Crippen LogP contribution is 2.27. The molecule has 2 rings (SSSR count). The molecule has 1 aromatic rings. The molecule has 0 bridgehead atoms. The Morgan fingerprint density at radius 3 is 2.68 bits per heavy atom. The van der Waals surface area contributed by atoms with Crippen molar-refractivity contribution in [3.05, 3.63) is 28.2 Å². The van der Waals surface area contributed by atoms with E-state index >= 15 is 0 Å². The van der Waals surface area contributed by atoms with Crippen molar-refractivity contribution in [3.8, 4) is 5.75 Å². The second-order valence-electron chi connectivity index (χ2n) is 5.16. The number of nitrogens with zero attached hydrogens (tertiary/aromatic N) is 1. The fourth-order valence-electron chi connectivity index (χ4n) is 1.99.